The second-order valence-electron chi connectivity index (χ2n) is 9.24. The Labute approximate surface area is 131 Å². The fourth-order valence-corrected chi connectivity index (χ4v) is 7.57. The van der Waals surface area contributed by atoms with Crippen LogP contribution in [-0.4, -0.2) is 0 Å². The molecule has 4 saturated carbocycles. The van der Waals surface area contributed by atoms with Gasteiger partial charge in [0.25, 0.3) is 0 Å². The zero-order valence-electron chi connectivity index (χ0n) is 14.0. The van der Waals surface area contributed by atoms with Gasteiger partial charge in [-0.1, -0.05) is 26.7 Å². The molecule has 0 aromatic carbocycles. The molecule has 0 spiro atoms. The van der Waals surface area contributed by atoms with Crippen molar-refractivity contribution in [1.82, 2.24) is 0 Å². The maximum atomic E-state index is 5.88. The lowest BCUT2D eigenvalue weighted by atomic mass is 9.45. The number of fused-ring (bicyclic) bond motifs is 5. The first-order valence-corrected chi connectivity index (χ1v) is 9.56. The summed E-state index contributed by atoms with van der Waals surface area (Å²) in [4.78, 5) is 0. The van der Waals surface area contributed by atoms with Crippen LogP contribution in [0.15, 0.2) is 0 Å². The molecule has 0 aromatic rings. The molecule has 0 N–H and O–H groups in total. The summed E-state index contributed by atoms with van der Waals surface area (Å²) >= 11 is 0. The summed E-state index contributed by atoms with van der Waals surface area (Å²) in [5, 5.41) is 0. The van der Waals surface area contributed by atoms with E-state index in [2.05, 4.69) is 19.8 Å². The summed E-state index contributed by atoms with van der Waals surface area (Å²) in [5.74, 6) is 7.74. The van der Waals surface area contributed by atoms with Gasteiger partial charge in [-0.25, -0.2) is 0 Å². The Balaban J connectivity index is 1.64. The molecule has 0 aliphatic heterocycles. The topological polar surface area (TPSA) is 0 Å². The molecule has 0 unspecified atom stereocenters. The molecule has 116 valence electrons. The van der Waals surface area contributed by atoms with Crippen molar-refractivity contribution in [3.05, 3.63) is 0 Å². The summed E-state index contributed by atoms with van der Waals surface area (Å²) in [6.45, 7) is 5.21. The highest BCUT2D eigenvalue weighted by atomic mass is 14.6. The lowest BCUT2D eigenvalue weighted by Gasteiger charge is -2.60. The van der Waals surface area contributed by atoms with Crippen molar-refractivity contribution >= 4 is 0 Å². The minimum absolute atomic E-state index is 0.480. The van der Waals surface area contributed by atoms with E-state index in [1.165, 1.54) is 64.2 Å². The smallest absolute Gasteiger partial charge is 0.0256 e. The van der Waals surface area contributed by atoms with Crippen LogP contribution in [0.2, 0.25) is 0 Å². The molecule has 4 aliphatic carbocycles. The molecule has 4 aliphatic rings. The van der Waals surface area contributed by atoms with Gasteiger partial charge in [0.2, 0.25) is 0 Å². The fraction of sp³-hybridized carbons (Fsp3) is 0.905. The van der Waals surface area contributed by atoms with Crippen molar-refractivity contribution in [2.45, 2.75) is 78.1 Å². The number of rotatable bonds is 0. The molecule has 0 heterocycles. The molecule has 0 amide bonds. The highest BCUT2D eigenvalue weighted by molar-refractivity contribution is 5.14. The van der Waals surface area contributed by atoms with E-state index >= 15 is 0 Å². The van der Waals surface area contributed by atoms with E-state index in [1.54, 1.807) is 0 Å². The molecule has 7 atom stereocenters. The Morgan fingerprint density at radius 1 is 0.810 bits per heavy atom. The van der Waals surface area contributed by atoms with Gasteiger partial charge in [0, 0.05) is 5.92 Å². The maximum Gasteiger partial charge on any atom is 0.0256 e. The summed E-state index contributed by atoms with van der Waals surface area (Å²) in [7, 11) is 0. The van der Waals surface area contributed by atoms with Gasteiger partial charge in [0.15, 0.2) is 0 Å². The number of hydrogen-bond donors (Lipinski definition) is 0. The molecule has 21 heavy (non-hydrogen) atoms. The quantitative estimate of drug-likeness (QED) is 0.503. The van der Waals surface area contributed by atoms with Crippen LogP contribution in [0.5, 0.6) is 0 Å². The van der Waals surface area contributed by atoms with Gasteiger partial charge in [-0.15, -0.1) is 12.3 Å². The van der Waals surface area contributed by atoms with E-state index in [0.29, 0.717) is 16.7 Å². The SMILES string of the molecule is C#C[C@H]1CC[C@H]2[C@@H]3CC[C@H]4CCCC[C@]4(C)[C@H]3CC[C@]12C. The minimum atomic E-state index is 0.480. The maximum absolute atomic E-state index is 5.88. The average molecular weight is 284 g/mol. The van der Waals surface area contributed by atoms with E-state index in [4.69, 9.17) is 6.42 Å². The Morgan fingerprint density at radius 3 is 2.43 bits per heavy atom. The van der Waals surface area contributed by atoms with Crippen LogP contribution in [0.3, 0.4) is 0 Å². The van der Waals surface area contributed by atoms with Crippen molar-refractivity contribution in [2.75, 3.05) is 0 Å². The van der Waals surface area contributed by atoms with Crippen molar-refractivity contribution < 1.29 is 0 Å². The molecule has 4 rings (SSSR count). The highest BCUT2D eigenvalue weighted by Crippen LogP contribution is 2.67. The molecule has 0 heteroatoms. The van der Waals surface area contributed by atoms with Crippen molar-refractivity contribution in [2.24, 2.45) is 40.4 Å². The van der Waals surface area contributed by atoms with E-state index in [9.17, 15) is 0 Å². The van der Waals surface area contributed by atoms with Gasteiger partial charge in [-0.3, -0.25) is 0 Å². The molecule has 4 fully saturated rings. The molecule has 0 saturated heterocycles. The summed E-state index contributed by atoms with van der Waals surface area (Å²) < 4.78 is 0. The summed E-state index contributed by atoms with van der Waals surface area (Å²) in [5.41, 5.74) is 1.16. The van der Waals surface area contributed by atoms with Gasteiger partial charge in [0.05, 0.1) is 0 Å². The van der Waals surface area contributed by atoms with Crippen LogP contribution in [0.1, 0.15) is 78.1 Å². The van der Waals surface area contributed by atoms with Crippen LogP contribution in [0, 0.1) is 52.8 Å². The zero-order chi connectivity index (χ0) is 14.7. The number of hydrogen-bond acceptors (Lipinski definition) is 0. The van der Waals surface area contributed by atoms with Crippen molar-refractivity contribution in [3.63, 3.8) is 0 Å². The molecule has 0 radical (unpaired) electrons. The predicted molar refractivity (Wildman–Crippen MR) is 88.7 cm³/mol. The third-order valence-corrected chi connectivity index (χ3v) is 8.78. The first-order chi connectivity index (χ1) is 10.1. The zero-order valence-corrected chi connectivity index (χ0v) is 14.0. The average Bonchev–Trinajstić information content (AvgIpc) is 2.83. The predicted octanol–water partition coefficient (Wildman–Crippen LogP) is 5.67. The molecule has 0 nitrogen and oxygen atoms in total. The minimum Gasteiger partial charge on any atom is -0.120 e. The lowest BCUT2D eigenvalue weighted by molar-refractivity contribution is -0.107. The van der Waals surface area contributed by atoms with Crippen LogP contribution < -0.4 is 0 Å². The molecular formula is C21H32. The van der Waals surface area contributed by atoms with E-state index in [-0.39, 0.29) is 0 Å². The van der Waals surface area contributed by atoms with Gasteiger partial charge in [-0.2, -0.15) is 0 Å². The van der Waals surface area contributed by atoms with Crippen molar-refractivity contribution in [1.29, 1.82) is 0 Å². The first-order valence-electron chi connectivity index (χ1n) is 9.56. The second-order valence-corrected chi connectivity index (χ2v) is 9.24. The molecular weight excluding hydrogens is 252 g/mol. The Morgan fingerprint density at radius 2 is 1.62 bits per heavy atom. The van der Waals surface area contributed by atoms with E-state index in [1.807, 2.05) is 0 Å². The molecule has 0 bridgehead atoms. The van der Waals surface area contributed by atoms with Gasteiger partial charge < -0.3 is 0 Å². The largest absolute Gasteiger partial charge is 0.120 e. The van der Waals surface area contributed by atoms with Crippen molar-refractivity contribution in [3.8, 4) is 12.3 Å². The van der Waals surface area contributed by atoms with E-state index in [0.717, 1.165) is 23.7 Å². The Kier molecular flexibility index (Phi) is 3.22. The monoisotopic (exact) mass is 284 g/mol. The first kappa shape index (κ1) is 14.2. The normalized spacial score (nSPS) is 56.0. The van der Waals surface area contributed by atoms with Crippen LogP contribution >= 0.6 is 0 Å². The fourth-order valence-electron chi connectivity index (χ4n) is 7.57. The van der Waals surface area contributed by atoms with E-state index < -0.39 is 0 Å². The standard InChI is InChI=1S/C21H32/c1-4-15-9-11-18-17-10-8-16-7-5-6-13-20(16,2)19(17)12-14-21(15,18)3/h1,15-19H,5-14H2,2-3H3/t15-,16+,17-,18-,19-,20-,21+/m0/s1. The van der Waals surface area contributed by atoms with Gasteiger partial charge in [-0.05, 0) is 85.9 Å². The van der Waals surface area contributed by atoms with Crippen LogP contribution in [0.4, 0.5) is 0 Å². The second kappa shape index (κ2) is 4.78. The lowest BCUT2D eigenvalue weighted by Crippen LogP contribution is -2.52. The highest BCUT2D eigenvalue weighted by Gasteiger charge is 2.59. The summed E-state index contributed by atoms with van der Waals surface area (Å²) in [6, 6.07) is 0. The van der Waals surface area contributed by atoms with Gasteiger partial charge >= 0.3 is 0 Å². The number of terminal acetylenes is 1. The third kappa shape index (κ3) is 1.82. The Bertz CT molecular complexity index is 457. The van der Waals surface area contributed by atoms with Crippen LogP contribution in [-0.2, 0) is 0 Å². The molecule has 0 aromatic heterocycles. The Hall–Kier alpha value is -0.440. The van der Waals surface area contributed by atoms with Gasteiger partial charge in [0.1, 0.15) is 0 Å². The summed E-state index contributed by atoms with van der Waals surface area (Å²) in [6.07, 6.45) is 20.6. The van der Waals surface area contributed by atoms with Crippen LogP contribution in [0.25, 0.3) is 0 Å². The third-order valence-electron chi connectivity index (χ3n) is 8.78.